The number of piperidine rings is 1. The number of halogens is 2. The summed E-state index contributed by atoms with van der Waals surface area (Å²) in [5, 5.41) is 7.62. The number of thioether (sulfide) groups is 1. The molecule has 0 unspecified atom stereocenters. The van der Waals surface area contributed by atoms with Gasteiger partial charge in [0.25, 0.3) is 0 Å². The van der Waals surface area contributed by atoms with Gasteiger partial charge >= 0.3 is 0 Å². The lowest BCUT2D eigenvalue weighted by atomic mass is 9.87. The van der Waals surface area contributed by atoms with Crippen LogP contribution in [0.3, 0.4) is 0 Å². The predicted molar refractivity (Wildman–Crippen MR) is 147 cm³/mol. The number of likely N-dealkylation sites (tertiary alicyclic amines) is 1. The van der Waals surface area contributed by atoms with Crippen LogP contribution in [-0.2, 0) is 22.5 Å². The van der Waals surface area contributed by atoms with Gasteiger partial charge in [-0.3, -0.25) is 9.69 Å². The molecule has 3 aromatic rings. The standard InChI is InChI=1S/C28H34ClFN4O2S/c1-28(2,3)21-9-7-19(8-10-21)26-32-25(36-33-26)17-34-14-11-20(12-15-34)27(35)31-13-16-37-18-22-23(29)5-4-6-24(22)30/h4-10,20H,11-18H2,1-3H3,(H,31,35). The minimum Gasteiger partial charge on any atom is -0.355 e. The Hall–Kier alpha value is -2.42. The van der Waals surface area contributed by atoms with Gasteiger partial charge in [-0.2, -0.15) is 16.7 Å². The number of hydrogen-bond donors (Lipinski definition) is 1. The molecule has 1 amide bonds. The maximum atomic E-state index is 13.8. The molecular weight excluding hydrogens is 511 g/mol. The Morgan fingerprint density at radius 1 is 1.19 bits per heavy atom. The van der Waals surface area contributed by atoms with Crippen LogP contribution in [0.1, 0.15) is 50.6 Å². The molecular formula is C28H34ClFN4O2S. The Labute approximate surface area is 227 Å². The van der Waals surface area contributed by atoms with Gasteiger partial charge in [-0.1, -0.05) is 67.9 Å². The quantitative estimate of drug-likeness (QED) is 0.329. The number of aromatic nitrogens is 2. The molecule has 6 nitrogen and oxygen atoms in total. The number of nitrogens with one attached hydrogen (secondary N) is 1. The second-order valence-electron chi connectivity index (χ2n) is 10.4. The molecule has 37 heavy (non-hydrogen) atoms. The van der Waals surface area contributed by atoms with Crippen LogP contribution in [0.2, 0.25) is 5.02 Å². The molecule has 198 valence electrons. The fourth-order valence-electron chi connectivity index (χ4n) is 4.34. The zero-order valence-corrected chi connectivity index (χ0v) is 23.2. The van der Waals surface area contributed by atoms with E-state index in [9.17, 15) is 9.18 Å². The number of hydrogen-bond acceptors (Lipinski definition) is 6. The average molecular weight is 545 g/mol. The second-order valence-corrected chi connectivity index (χ2v) is 11.9. The van der Waals surface area contributed by atoms with Crippen molar-refractivity contribution in [1.29, 1.82) is 0 Å². The van der Waals surface area contributed by atoms with Crippen molar-refractivity contribution in [2.75, 3.05) is 25.4 Å². The van der Waals surface area contributed by atoms with E-state index in [0.29, 0.717) is 46.9 Å². The molecule has 0 atom stereocenters. The number of carbonyl (C=O) groups excluding carboxylic acids is 1. The van der Waals surface area contributed by atoms with E-state index in [1.54, 1.807) is 23.9 Å². The molecule has 2 aromatic carbocycles. The van der Waals surface area contributed by atoms with E-state index in [1.165, 1.54) is 11.6 Å². The van der Waals surface area contributed by atoms with Crippen molar-refractivity contribution in [3.63, 3.8) is 0 Å². The van der Waals surface area contributed by atoms with E-state index < -0.39 is 0 Å². The molecule has 1 aliphatic heterocycles. The maximum Gasteiger partial charge on any atom is 0.241 e. The summed E-state index contributed by atoms with van der Waals surface area (Å²) in [6.45, 7) is 9.30. The molecule has 0 radical (unpaired) electrons. The minimum absolute atomic E-state index is 0.00170. The number of nitrogens with zero attached hydrogens (tertiary/aromatic N) is 3. The summed E-state index contributed by atoms with van der Waals surface area (Å²) >= 11 is 7.62. The van der Waals surface area contributed by atoms with Crippen LogP contribution < -0.4 is 5.32 Å². The van der Waals surface area contributed by atoms with Crippen molar-refractivity contribution < 1.29 is 13.7 Å². The first-order valence-corrected chi connectivity index (χ1v) is 14.2. The largest absolute Gasteiger partial charge is 0.355 e. The lowest BCUT2D eigenvalue weighted by Crippen LogP contribution is -2.40. The van der Waals surface area contributed by atoms with Crippen LogP contribution >= 0.6 is 23.4 Å². The third-order valence-corrected chi connectivity index (χ3v) is 7.99. The first-order valence-electron chi connectivity index (χ1n) is 12.6. The highest BCUT2D eigenvalue weighted by Gasteiger charge is 2.26. The lowest BCUT2D eigenvalue weighted by Gasteiger charge is -2.30. The summed E-state index contributed by atoms with van der Waals surface area (Å²) in [6.07, 6.45) is 1.58. The number of benzene rings is 2. The van der Waals surface area contributed by atoms with Crippen molar-refractivity contribution in [3.05, 3.63) is 70.3 Å². The van der Waals surface area contributed by atoms with E-state index in [0.717, 1.165) is 31.5 Å². The fourth-order valence-corrected chi connectivity index (χ4v) is 5.53. The summed E-state index contributed by atoms with van der Waals surface area (Å²) < 4.78 is 19.3. The molecule has 0 saturated carbocycles. The van der Waals surface area contributed by atoms with Crippen LogP contribution in [0.25, 0.3) is 11.4 Å². The molecule has 0 spiro atoms. The highest BCUT2D eigenvalue weighted by molar-refractivity contribution is 7.98. The van der Waals surface area contributed by atoms with Gasteiger partial charge in [0.15, 0.2) is 0 Å². The average Bonchev–Trinajstić information content (AvgIpc) is 3.34. The van der Waals surface area contributed by atoms with E-state index in [-0.39, 0.29) is 23.1 Å². The van der Waals surface area contributed by atoms with E-state index >= 15 is 0 Å². The van der Waals surface area contributed by atoms with Crippen LogP contribution in [0.5, 0.6) is 0 Å². The molecule has 1 saturated heterocycles. The fraction of sp³-hybridized carbons (Fsp3) is 0.464. The number of amides is 1. The highest BCUT2D eigenvalue weighted by Crippen LogP contribution is 2.26. The molecule has 1 fully saturated rings. The smallest absolute Gasteiger partial charge is 0.241 e. The van der Waals surface area contributed by atoms with Crippen LogP contribution in [0.15, 0.2) is 47.0 Å². The Morgan fingerprint density at radius 2 is 1.92 bits per heavy atom. The summed E-state index contributed by atoms with van der Waals surface area (Å²) in [7, 11) is 0. The van der Waals surface area contributed by atoms with E-state index in [2.05, 4.69) is 53.3 Å². The van der Waals surface area contributed by atoms with Gasteiger partial charge in [-0.05, 0) is 49.0 Å². The lowest BCUT2D eigenvalue weighted by molar-refractivity contribution is -0.126. The zero-order valence-electron chi connectivity index (χ0n) is 21.6. The van der Waals surface area contributed by atoms with E-state index in [4.69, 9.17) is 16.1 Å². The van der Waals surface area contributed by atoms with Gasteiger partial charge in [0, 0.05) is 40.1 Å². The summed E-state index contributed by atoms with van der Waals surface area (Å²) in [5.41, 5.74) is 2.81. The van der Waals surface area contributed by atoms with Crippen molar-refractivity contribution in [3.8, 4) is 11.4 Å². The summed E-state index contributed by atoms with van der Waals surface area (Å²) in [4.78, 5) is 19.4. The van der Waals surface area contributed by atoms with E-state index in [1.807, 2.05) is 12.1 Å². The van der Waals surface area contributed by atoms with Crippen molar-refractivity contribution in [2.45, 2.75) is 51.3 Å². The van der Waals surface area contributed by atoms with Gasteiger partial charge in [0.2, 0.25) is 17.6 Å². The molecule has 9 heteroatoms. The van der Waals surface area contributed by atoms with Gasteiger partial charge < -0.3 is 9.84 Å². The van der Waals surface area contributed by atoms with Crippen molar-refractivity contribution in [1.82, 2.24) is 20.4 Å². The van der Waals surface area contributed by atoms with Gasteiger partial charge in [-0.15, -0.1) is 0 Å². The predicted octanol–water partition coefficient (Wildman–Crippen LogP) is 6.09. The molecule has 1 N–H and O–H groups in total. The summed E-state index contributed by atoms with van der Waals surface area (Å²) in [5.74, 6) is 2.17. The first-order chi connectivity index (χ1) is 17.7. The molecule has 0 bridgehead atoms. The van der Waals surface area contributed by atoms with Crippen molar-refractivity contribution >= 4 is 29.3 Å². The monoisotopic (exact) mass is 544 g/mol. The molecule has 1 aliphatic rings. The maximum absolute atomic E-state index is 13.8. The molecule has 0 aliphatic carbocycles. The highest BCUT2D eigenvalue weighted by atomic mass is 35.5. The van der Waals surface area contributed by atoms with Crippen LogP contribution in [0.4, 0.5) is 4.39 Å². The first kappa shape index (κ1) is 27.6. The molecule has 1 aromatic heterocycles. The van der Waals surface area contributed by atoms with Crippen molar-refractivity contribution in [2.24, 2.45) is 5.92 Å². The van der Waals surface area contributed by atoms with Gasteiger partial charge in [0.1, 0.15) is 5.82 Å². The second kappa shape index (κ2) is 12.4. The topological polar surface area (TPSA) is 71.3 Å². The Morgan fingerprint density at radius 3 is 2.59 bits per heavy atom. The SMILES string of the molecule is CC(C)(C)c1ccc(-c2noc(CN3CCC(C(=O)NCCSCc4c(F)cccc4Cl)CC3)n2)cc1. The minimum atomic E-state index is -0.290. The third kappa shape index (κ3) is 7.55. The van der Waals surface area contributed by atoms with Gasteiger partial charge in [0.05, 0.1) is 6.54 Å². The normalized spacial score (nSPS) is 15.2. The van der Waals surface area contributed by atoms with Gasteiger partial charge in [-0.25, -0.2) is 4.39 Å². The summed E-state index contributed by atoms with van der Waals surface area (Å²) in [6, 6.07) is 13.0. The third-order valence-electron chi connectivity index (χ3n) is 6.65. The Balaban J connectivity index is 1.16. The molecule has 2 heterocycles. The molecule has 4 rings (SSSR count). The van der Waals surface area contributed by atoms with Crippen LogP contribution in [-0.4, -0.2) is 46.3 Å². The number of carbonyl (C=O) groups is 1. The number of rotatable bonds is 9. The zero-order chi connectivity index (χ0) is 26.4. The Kier molecular flexibility index (Phi) is 9.27. The Bertz CT molecular complexity index is 1170. The van der Waals surface area contributed by atoms with Crippen LogP contribution in [0, 0.1) is 11.7 Å².